The van der Waals surface area contributed by atoms with Gasteiger partial charge in [0, 0.05) is 10.3 Å². The largest absolute Gasteiger partial charge is 0.534 e. The monoisotopic (exact) mass is 470 g/mol. The van der Waals surface area contributed by atoms with Gasteiger partial charge in [-0.05, 0) is 65.1 Å². The summed E-state index contributed by atoms with van der Waals surface area (Å²) < 4.78 is 66.0. The number of thioether (sulfide) groups is 1. The van der Waals surface area contributed by atoms with Crippen LogP contribution in [0.4, 0.5) is 13.2 Å². The number of fused-ring (bicyclic) bond motifs is 1. The van der Waals surface area contributed by atoms with Crippen LogP contribution in [0.2, 0.25) is 0 Å². The van der Waals surface area contributed by atoms with Crippen LogP contribution in [0.15, 0.2) is 53.4 Å². The van der Waals surface area contributed by atoms with Gasteiger partial charge < -0.3 is 9.29 Å². The molecule has 0 bridgehead atoms. The van der Waals surface area contributed by atoms with Crippen LogP contribution in [0.3, 0.4) is 0 Å². The van der Waals surface area contributed by atoms with Gasteiger partial charge in [-0.25, -0.2) is 4.79 Å². The highest BCUT2D eigenvalue weighted by atomic mass is 32.2. The zero-order valence-corrected chi connectivity index (χ0v) is 18.0. The first kappa shape index (κ1) is 23.0. The lowest BCUT2D eigenvalue weighted by Gasteiger charge is -2.16. The number of rotatable bonds is 6. The van der Waals surface area contributed by atoms with Crippen LogP contribution < -0.4 is 4.18 Å². The van der Waals surface area contributed by atoms with Gasteiger partial charge in [0.15, 0.2) is 5.75 Å². The van der Waals surface area contributed by atoms with Gasteiger partial charge in [-0.3, -0.25) is 0 Å². The second-order valence-corrected chi connectivity index (χ2v) is 8.95. The molecule has 0 aromatic heterocycles. The molecule has 3 aromatic rings. The van der Waals surface area contributed by atoms with E-state index in [1.807, 2.05) is 30.5 Å². The summed E-state index contributed by atoms with van der Waals surface area (Å²) in [4.78, 5) is 12.8. The first-order valence-corrected chi connectivity index (χ1v) is 11.6. The Kier molecular flexibility index (Phi) is 6.24. The zero-order valence-electron chi connectivity index (χ0n) is 16.4. The normalized spacial score (nSPS) is 12.2. The maximum Gasteiger partial charge on any atom is 0.534 e. The molecule has 0 spiro atoms. The van der Waals surface area contributed by atoms with Crippen molar-refractivity contribution >= 4 is 38.6 Å². The van der Waals surface area contributed by atoms with E-state index in [-0.39, 0.29) is 17.4 Å². The molecule has 164 valence electrons. The number of aromatic carboxylic acids is 1. The summed E-state index contributed by atoms with van der Waals surface area (Å²) >= 11 is 1.57. The molecule has 3 aromatic carbocycles. The lowest BCUT2D eigenvalue weighted by Crippen LogP contribution is -2.28. The molecule has 0 aliphatic carbocycles. The molecule has 31 heavy (non-hydrogen) atoms. The molecule has 0 fully saturated rings. The summed E-state index contributed by atoms with van der Waals surface area (Å²) in [5, 5.41) is 9.93. The maximum absolute atomic E-state index is 12.8. The van der Waals surface area contributed by atoms with Crippen molar-refractivity contribution in [3.05, 3.63) is 59.7 Å². The van der Waals surface area contributed by atoms with Gasteiger partial charge in [0.05, 0.1) is 5.56 Å². The average molecular weight is 470 g/mol. The molecule has 0 saturated carbocycles. The predicted molar refractivity (Wildman–Crippen MR) is 113 cm³/mol. The minimum absolute atomic E-state index is 0.0687. The number of hydrogen-bond acceptors (Lipinski definition) is 5. The number of carboxylic acids is 1. The molecular formula is C21H17F3O5S2. The second kappa shape index (κ2) is 8.43. The Morgan fingerprint density at radius 3 is 2.16 bits per heavy atom. The van der Waals surface area contributed by atoms with E-state index >= 15 is 0 Å². The van der Waals surface area contributed by atoms with E-state index in [1.165, 1.54) is 6.07 Å². The smallest absolute Gasteiger partial charge is 0.478 e. The van der Waals surface area contributed by atoms with Crippen molar-refractivity contribution in [1.29, 1.82) is 0 Å². The predicted octanol–water partition coefficient (Wildman–Crippen LogP) is 5.72. The topological polar surface area (TPSA) is 80.7 Å². The highest BCUT2D eigenvalue weighted by molar-refractivity contribution is 7.98. The van der Waals surface area contributed by atoms with Crippen molar-refractivity contribution in [3.8, 4) is 16.9 Å². The van der Waals surface area contributed by atoms with Gasteiger partial charge in [-0.2, -0.15) is 21.6 Å². The Morgan fingerprint density at radius 1 is 1.03 bits per heavy atom. The SMILES string of the molecule is CCc1c(C(=O)O)cc(OS(=O)(=O)C(F)(F)F)c2ccc(-c3ccc(SC)cc3)cc12. The van der Waals surface area contributed by atoms with E-state index < -0.39 is 27.3 Å². The molecule has 0 atom stereocenters. The Balaban J connectivity index is 2.27. The van der Waals surface area contributed by atoms with Crippen LogP contribution in [0, 0.1) is 0 Å². The van der Waals surface area contributed by atoms with E-state index in [2.05, 4.69) is 4.18 Å². The second-order valence-electron chi connectivity index (χ2n) is 6.53. The molecule has 3 rings (SSSR count). The van der Waals surface area contributed by atoms with Crippen molar-refractivity contribution in [2.24, 2.45) is 0 Å². The molecular weight excluding hydrogens is 453 g/mol. The molecule has 0 aliphatic rings. The average Bonchev–Trinajstić information content (AvgIpc) is 2.72. The third-order valence-corrected chi connectivity index (χ3v) is 6.41. The zero-order chi connectivity index (χ0) is 23.0. The van der Waals surface area contributed by atoms with Crippen LogP contribution in [0.25, 0.3) is 21.9 Å². The number of aryl methyl sites for hydroxylation is 1. The fourth-order valence-electron chi connectivity index (χ4n) is 3.22. The summed E-state index contributed by atoms with van der Waals surface area (Å²) in [6.07, 6.45) is 2.20. The van der Waals surface area contributed by atoms with Gasteiger partial charge in [0.25, 0.3) is 0 Å². The highest BCUT2D eigenvalue weighted by Crippen LogP contribution is 2.38. The van der Waals surface area contributed by atoms with Crippen LogP contribution in [0.5, 0.6) is 5.75 Å². The number of halogens is 3. The lowest BCUT2D eigenvalue weighted by molar-refractivity contribution is -0.0499. The number of hydrogen-bond donors (Lipinski definition) is 1. The van der Waals surface area contributed by atoms with Crippen molar-refractivity contribution in [1.82, 2.24) is 0 Å². The number of carbonyl (C=O) groups is 1. The number of benzene rings is 3. The Morgan fingerprint density at radius 2 is 1.65 bits per heavy atom. The van der Waals surface area contributed by atoms with Crippen LogP contribution in [0.1, 0.15) is 22.8 Å². The summed E-state index contributed by atoms with van der Waals surface area (Å²) in [7, 11) is -5.97. The minimum Gasteiger partial charge on any atom is -0.478 e. The first-order chi connectivity index (χ1) is 14.5. The van der Waals surface area contributed by atoms with Crippen LogP contribution in [-0.4, -0.2) is 31.3 Å². The molecule has 0 unspecified atom stereocenters. The van der Waals surface area contributed by atoms with Gasteiger partial charge >= 0.3 is 21.6 Å². The molecule has 0 saturated heterocycles. The van der Waals surface area contributed by atoms with E-state index in [0.717, 1.165) is 16.5 Å². The summed E-state index contributed by atoms with van der Waals surface area (Å²) in [5.74, 6) is -2.09. The summed E-state index contributed by atoms with van der Waals surface area (Å²) in [6, 6.07) is 13.0. The quantitative estimate of drug-likeness (QED) is 0.282. The Labute approximate surface area is 181 Å². The van der Waals surface area contributed by atoms with E-state index in [4.69, 9.17) is 0 Å². The van der Waals surface area contributed by atoms with Crippen molar-refractivity contribution < 1.29 is 35.7 Å². The molecule has 0 heterocycles. The van der Waals surface area contributed by atoms with Crippen LogP contribution in [-0.2, 0) is 16.5 Å². The summed E-state index contributed by atoms with van der Waals surface area (Å²) in [5.41, 5.74) is -4.10. The van der Waals surface area contributed by atoms with Crippen LogP contribution >= 0.6 is 11.8 Å². The van der Waals surface area contributed by atoms with Crippen molar-refractivity contribution in [2.45, 2.75) is 23.7 Å². The third kappa shape index (κ3) is 4.49. The fraction of sp³-hybridized carbons (Fsp3) is 0.190. The van der Waals surface area contributed by atoms with Gasteiger partial charge in [-0.15, -0.1) is 11.8 Å². The molecule has 0 amide bonds. The number of carboxylic acid groups (broad SMARTS) is 1. The number of alkyl halides is 3. The van der Waals surface area contributed by atoms with Crippen molar-refractivity contribution in [3.63, 3.8) is 0 Å². The molecule has 1 N–H and O–H groups in total. The molecule has 0 aliphatic heterocycles. The summed E-state index contributed by atoms with van der Waals surface area (Å²) in [6.45, 7) is 1.70. The maximum atomic E-state index is 12.8. The van der Waals surface area contributed by atoms with Gasteiger partial charge in [-0.1, -0.05) is 25.1 Å². The standard InChI is InChI=1S/C21H17F3O5S2/c1-3-15-17-10-13(12-4-7-14(30-2)8-5-12)6-9-16(17)19(11-18(15)20(25)26)29-31(27,28)21(22,23)24/h4-11H,3H2,1-2H3,(H,25,26). The van der Waals surface area contributed by atoms with E-state index in [9.17, 15) is 31.5 Å². The Hall–Kier alpha value is -2.72. The fourth-order valence-corrected chi connectivity index (χ4v) is 4.10. The van der Waals surface area contributed by atoms with E-state index in [0.29, 0.717) is 16.5 Å². The van der Waals surface area contributed by atoms with Gasteiger partial charge in [0.1, 0.15) is 0 Å². The van der Waals surface area contributed by atoms with Gasteiger partial charge in [0.2, 0.25) is 0 Å². The lowest BCUT2D eigenvalue weighted by atomic mass is 9.93. The van der Waals surface area contributed by atoms with E-state index in [1.54, 1.807) is 30.8 Å². The first-order valence-electron chi connectivity index (χ1n) is 8.96. The Bertz CT molecular complexity index is 1250. The molecule has 10 heteroatoms. The highest BCUT2D eigenvalue weighted by Gasteiger charge is 2.48. The third-order valence-electron chi connectivity index (χ3n) is 4.70. The molecule has 5 nitrogen and oxygen atoms in total. The van der Waals surface area contributed by atoms with Crippen molar-refractivity contribution in [2.75, 3.05) is 6.26 Å². The molecule has 0 radical (unpaired) electrons. The minimum atomic E-state index is -5.97.